The fourth-order valence-corrected chi connectivity index (χ4v) is 2.37. The van der Waals surface area contributed by atoms with Crippen molar-refractivity contribution in [2.45, 2.75) is 6.92 Å². The first-order chi connectivity index (χ1) is 12.1. The Morgan fingerprint density at radius 1 is 1.28 bits per heavy atom. The average Bonchev–Trinajstić information content (AvgIpc) is 3.11. The van der Waals surface area contributed by atoms with Crippen LogP contribution in [0, 0.1) is 0 Å². The van der Waals surface area contributed by atoms with Gasteiger partial charge < -0.3 is 14.6 Å². The maximum atomic E-state index is 12.1. The molecule has 0 aliphatic rings. The molecule has 0 aliphatic carbocycles. The molecule has 8 nitrogen and oxygen atoms in total. The molecule has 0 bridgehead atoms. The number of carbonyl (C=O) groups excluding carboxylic acids is 2. The quantitative estimate of drug-likeness (QED) is 0.365. The molecule has 9 heteroatoms. The van der Waals surface area contributed by atoms with Crippen LogP contribution in [0.2, 0.25) is 0 Å². The Morgan fingerprint density at radius 2 is 2.00 bits per heavy atom. The minimum Gasteiger partial charge on any atom is -0.505 e. The number of nitrogens with zero attached hydrogens (tertiary/aromatic N) is 3. The first-order valence-corrected chi connectivity index (χ1v) is 8.00. The maximum Gasteiger partial charge on any atom is 0.362 e. The molecule has 0 amide bonds. The molecular weight excluding hydrogens is 346 g/mol. The lowest BCUT2D eigenvalue weighted by Gasteiger charge is -2.05. The summed E-state index contributed by atoms with van der Waals surface area (Å²) in [6.07, 6.45) is 1.29. The van der Waals surface area contributed by atoms with Crippen molar-refractivity contribution in [1.29, 1.82) is 0 Å². The van der Waals surface area contributed by atoms with Crippen molar-refractivity contribution >= 4 is 34.2 Å². The summed E-state index contributed by atoms with van der Waals surface area (Å²) in [5.41, 5.74) is 0.0294. The van der Waals surface area contributed by atoms with Gasteiger partial charge in [0.2, 0.25) is 10.8 Å². The standard InChI is InChI=1S/C16H15N3O5S/c1-3-24-15(22)12(13(20)10-7-5-4-6-8-10)18-19-16-17-9-11(25-16)14(21)23-2/h4-9,20H,3H2,1-2H3. The molecule has 0 unspecified atom stereocenters. The fraction of sp³-hybridized carbons (Fsp3) is 0.188. The zero-order valence-corrected chi connectivity index (χ0v) is 14.3. The minimum atomic E-state index is -0.822. The molecule has 0 spiro atoms. The van der Waals surface area contributed by atoms with Gasteiger partial charge in [0.1, 0.15) is 4.88 Å². The van der Waals surface area contributed by atoms with Crippen LogP contribution < -0.4 is 0 Å². The Labute approximate surface area is 147 Å². The third-order valence-corrected chi connectivity index (χ3v) is 3.72. The number of thiazole rings is 1. The summed E-state index contributed by atoms with van der Waals surface area (Å²) < 4.78 is 9.47. The smallest absolute Gasteiger partial charge is 0.362 e. The number of hydrogen-bond donors (Lipinski definition) is 1. The summed E-state index contributed by atoms with van der Waals surface area (Å²) in [7, 11) is 1.25. The molecule has 2 rings (SSSR count). The van der Waals surface area contributed by atoms with Crippen LogP contribution in [-0.2, 0) is 14.3 Å². The molecule has 130 valence electrons. The Morgan fingerprint density at radius 3 is 2.64 bits per heavy atom. The van der Waals surface area contributed by atoms with Gasteiger partial charge in [-0.1, -0.05) is 41.7 Å². The number of aliphatic hydroxyl groups excluding tert-OH is 1. The normalized spacial score (nSPS) is 11.9. The van der Waals surface area contributed by atoms with E-state index in [1.54, 1.807) is 37.3 Å². The van der Waals surface area contributed by atoms with Crippen LogP contribution in [0.5, 0.6) is 0 Å². The molecular formula is C16H15N3O5S. The zero-order chi connectivity index (χ0) is 18.2. The second-order valence-corrected chi connectivity index (χ2v) is 5.49. The van der Waals surface area contributed by atoms with Crippen molar-refractivity contribution in [2.75, 3.05) is 13.7 Å². The van der Waals surface area contributed by atoms with Crippen molar-refractivity contribution in [3.63, 3.8) is 0 Å². The van der Waals surface area contributed by atoms with Crippen LogP contribution in [0.3, 0.4) is 0 Å². The summed E-state index contributed by atoms with van der Waals surface area (Å²) in [5.74, 6) is -1.74. The number of esters is 2. The Balaban J connectivity index is 2.35. The molecule has 0 saturated carbocycles. The first kappa shape index (κ1) is 18.3. The van der Waals surface area contributed by atoms with Gasteiger partial charge in [-0.15, -0.1) is 10.2 Å². The number of carbonyl (C=O) groups is 2. The molecule has 2 aromatic rings. The Hall–Kier alpha value is -3.07. The minimum absolute atomic E-state index is 0.115. The third-order valence-electron chi connectivity index (χ3n) is 2.86. The predicted octanol–water partition coefficient (Wildman–Crippen LogP) is 3.50. The SMILES string of the molecule is CCOC(=O)C(N=Nc1ncc(C(=O)OC)s1)=C(O)c1ccccc1. The highest BCUT2D eigenvalue weighted by atomic mass is 32.1. The van der Waals surface area contributed by atoms with Gasteiger partial charge in [-0.05, 0) is 6.92 Å². The molecule has 1 aromatic heterocycles. The van der Waals surface area contributed by atoms with Gasteiger partial charge in [-0.25, -0.2) is 14.6 Å². The highest BCUT2D eigenvalue weighted by Gasteiger charge is 2.18. The van der Waals surface area contributed by atoms with Crippen molar-refractivity contribution in [3.05, 3.63) is 52.7 Å². The van der Waals surface area contributed by atoms with E-state index in [2.05, 4.69) is 19.9 Å². The highest BCUT2D eigenvalue weighted by Crippen LogP contribution is 2.25. The largest absolute Gasteiger partial charge is 0.505 e. The monoisotopic (exact) mass is 361 g/mol. The second kappa shape index (κ2) is 8.69. The van der Waals surface area contributed by atoms with E-state index in [1.165, 1.54) is 13.3 Å². The Kier molecular flexibility index (Phi) is 6.35. The van der Waals surface area contributed by atoms with Gasteiger partial charge in [0.15, 0.2) is 5.76 Å². The maximum absolute atomic E-state index is 12.1. The van der Waals surface area contributed by atoms with E-state index >= 15 is 0 Å². The summed E-state index contributed by atoms with van der Waals surface area (Å²) in [6, 6.07) is 8.40. The van der Waals surface area contributed by atoms with Crippen LogP contribution in [0.15, 0.2) is 52.5 Å². The lowest BCUT2D eigenvalue weighted by molar-refractivity contribution is -0.138. The van der Waals surface area contributed by atoms with Gasteiger partial charge in [-0.2, -0.15) is 0 Å². The Bertz CT molecular complexity index is 814. The third kappa shape index (κ3) is 4.70. The predicted molar refractivity (Wildman–Crippen MR) is 90.6 cm³/mol. The van der Waals surface area contributed by atoms with Gasteiger partial charge in [0.05, 0.1) is 19.9 Å². The van der Waals surface area contributed by atoms with Crippen LogP contribution in [0.4, 0.5) is 5.13 Å². The molecule has 1 N–H and O–H groups in total. The van der Waals surface area contributed by atoms with E-state index in [4.69, 9.17) is 4.74 Å². The first-order valence-electron chi connectivity index (χ1n) is 7.18. The number of methoxy groups -OCH3 is 1. The summed E-state index contributed by atoms with van der Waals surface area (Å²) in [6.45, 7) is 1.75. The van der Waals surface area contributed by atoms with E-state index in [-0.39, 0.29) is 28.1 Å². The molecule has 1 aromatic carbocycles. The number of aromatic nitrogens is 1. The number of rotatable bonds is 6. The van der Waals surface area contributed by atoms with E-state index in [0.29, 0.717) is 5.56 Å². The number of hydrogen-bond acceptors (Lipinski definition) is 9. The van der Waals surface area contributed by atoms with E-state index in [0.717, 1.165) is 11.3 Å². The lowest BCUT2D eigenvalue weighted by Crippen LogP contribution is -2.08. The van der Waals surface area contributed by atoms with Crippen molar-refractivity contribution in [3.8, 4) is 0 Å². The lowest BCUT2D eigenvalue weighted by atomic mass is 10.1. The highest BCUT2D eigenvalue weighted by molar-refractivity contribution is 7.17. The summed E-state index contributed by atoms with van der Waals surface area (Å²) in [5, 5.41) is 18.0. The number of aliphatic hydroxyl groups is 1. The molecule has 0 saturated heterocycles. The molecule has 1 heterocycles. The number of azo groups is 1. The summed E-state index contributed by atoms with van der Waals surface area (Å²) in [4.78, 5) is 27.6. The van der Waals surface area contributed by atoms with E-state index in [1.807, 2.05) is 0 Å². The van der Waals surface area contributed by atoms with Crippen LogP contribution >= 0.6 is 11.3 Å². The summed E-state index contributed by atoms with van der Waals surface area (Å²) >= 11 is 0.938. The van der Waals surface area contributed by atoms with E-state index < -0.39 is 11.9 Å². The van der Waals surface area contributed by atoms with E-state index in [9.17, 15) is 14.7 Å². The zero-order valence-electron chi connectivity index (χ0n) is 13.5. The fourth-order valence-electron chi connectivity index (χ4n) is 1.72. The topological polar surface area (TPSA) is 110 Å². The van der Waals surface area contributed by atoms with Gasteiger partial charge in [0.25, 0.3) is 0 Å². The molecule has 0 radical (unpaired) electrons. The van der Waals surface area contributed by atoms with Crippen LogP contribution in [-0.4, -0.2) is 35.7 Å². The molecule has 0 fully saturated rings. The number of benzene rings is 1. The van der Waals surface area contributed by atoms with Crippen LogP contribution in [0.25, 0.3) is 5.76 Å². The van der Waals surface area contributed by atoms with Gasteiger partial charge in [-0.3, -0.25) is 0 Å². The van der Waals surface area contributed by atoms with Gasteiger partial charge in [0, 0.05) is 5.56 Å². The second-order valence-electron chi connectivity index (χ2n) is 4.48. The molecule has 0 atom stereocenters. The number of ether oxygens (including phenoxy) is 2. The van der Waals surface area contributed by atoms with Crippen LogP contribution in [0.1, 0.15) is 22.2 Å². The van der Waals surface area contributed by atoms with Crippen molar-refractivity contribution in [2.24, 2.45) is 10.2 Å². The van der Waals surface area contributed by atoms with Crippen molar-refractivity contribution in [1.82, 2.24) is 4.98 Å². The van der Waals surface area contributed by atoms with Gasteiger partial charge >= 0.3 is 11.9 Å². The molecule has 0 aliphatic heterocycles. The average molecular weight is 361 g/mol. The molecule has 25 heavy (non-hydrogen) atoms. The van der Waals surface area contributed by atoms with Crippen molar-refractivity contribution < 1.29 is 24.2 Å².